The number of nitrogens with one attached hydrogen (secondary N) is 1. The van der Waals surface area contributed by atoms with Crippen LogP contribution in [-0.2, 0) is 17.8 Å². The van der Waals surface area contributed by atoms with E-state index in [1.54, 1.807) is 11.0 Å². The first-order valence-corrected chi connectivity index (χ1v) is 11.7. The lowest BCUT2D eigenvalue weighted by Gasteiger charge is -2.30. The fraction of sp³-hybridized carbons (Fsp3) is 0.545. The molecule has 2 aliphatic rings. The van der Waals surface area contributed by atoms with Gasteiger partial charge < -0.3 is 14.8 Å². The van der Waals surface area contributed by atoms with E-state index >= 15 is 0 Å². The summed E-state index contributed by atoms with van der Waals surface area (Å²) in [6, 6.07) is 3.49. The van der Waals surface area contributed by atoms with E-state index < -0.39 is 0 Å². The number of likely N-dealkylation sites (tertiary alicyclic amines) is 1. The Balaban J connectivity index is 1.57. The van der Waals surface area contributed by atoms with E-state index in [1.807, 2.05) is 30.2 Å². The average molecular weight is 429 g/mol. The molecule has 0 bridgehead atoms. The zero-order valence-corrected chi connectivity index (χ0v) is 18.3. The van der Waals surface area contributed by atoms with Gasteiger partial charge >= 0.3 is 0 Å². The van der Waals surface area contributed by atoms with E-state index in [4.69, 9.17) is 4.98 Å². The summed E-state index contributed by atoms with van der Waals surface area (Å²) in [4.78, 5) is 50.5. The molecule has 0 aromatic carbocycles. The standard InChI is InChI=1S/C22H28N4O3S/c1-3-14(4-2)21(28)26-10-5-7-17(26)19-23-16-9-11-25(13-15(16)20(27)24-19)22(29)18-8-6-12-30-18/h6,8,12,14,17H,3-5,7,9-11,13H2,1-2H3,(H,23,24,27)/t17-/m1/s1. The minimum absolute atomic E-state index is 0.0202. The fourth-order valence-electron chi connectivity index (χ4n) is 4.52. The van der Waals surface area contributed by atoms with Crippen molar-refractivity contribution >= 4 is 23.2 Å². The summed E-state index contributed by atoms with van der Waals surface area (Å²) < 4.78 is 0. The maximum atomic E-state index is 13.0. The summed E-state index contributed by atoms with van der Waals surface area (Å²) >= 11 is 1.41. The monoisotopic (exact) mass is 428 g/mol. The maximum Gasteiger partial charge on any atom is 0.264 e. The number of carbonyl (C=O) groups is 2. The van der Waals surface area contributed by atoms with Crippen molar-refractivity contribution in [2.24, 2.45) is 5.92 Å². The van der Waals surface area contributed by atoms with Crippen LogP contribution in [0.5, 0.6) is 0 Å². The Morgan fingerprint density at radius 2 is 2.10 bits per heavy atom. The number of rotatable bonds is 5. The third kappa shape index (κ3) is 3.80. The van der Waals surface area contributed by atoms with Gasteiger partial charge in [-0.2, -0.15) is 0 Å². The third-order valence-corrected chi connectivity index (χ3v) is 7.15. The Morgan fingerprint density at radius 1 is 1.30 bits per heavy atom. The van der Waals surface area contributed by atoms with Crippen LogP contribution in [-0.4, -0.2) is 44.7 Å². The van der Waals surface area contributed by atoms with Crippen LogP contribution < -0.4 is 5.56 Å². The molecule has 1 fully saturated rings. The Bertz CT molecular complexity index is 981. The molecule has 2 amide bonds. The Kier molecular flexibility index (Phi) is 6.04. The van der Waals surface area contributed by atoms with E-state index in [-0.39, 0.29) is 35.9 Å². The molecule has 4 rings (SSSR count). The van der Waals surface area contributed by atoms with Crippen LogP contribution in [0.1, 0.15) is 72.3 Å². The van der Waals surface area contributed by atoms with Gasteiger partial charge in [0.2, 0.25) is 5.91 Å². The van der Waals surface area contributed by atoms with E-state index in [1.165, 1.54) is 11.3 Å². The van der Waals surface area contributed by atoms with E-state index in [0.717, 1.165) is 31.4 Å². The molecule has 1 saturated heterocycles. The Morgan fingerprint density at radius 3 is 2.80 bits per heavy atom. The molecule has 1 N–H and O–H groups in total. The van der Waals surface area contributed by atoms with E-state index in [0.29, 0.717) is 35.8 Å². The molecule has 8 heteroatoms. The van der Waals surface area contributed by atoms with Gasteiger partial charge in [0, 0.05) is 25.4 Å². The van der Waals surface area contributed by atoms with Crippen LogP contribution in [0.4, 0.5) is 0 Å². The molecule has 0 saturated carbocycles. The quantitative estimate of drug-likeness (QED) is 0.793. The van der Waals surface area contributed by atoms with Crippen molar-refractivity contribution in [3.63, 3.8) is 0 Å². The number of aromatic amines is 1. The molecule has 0 aliphatic carbocycles. The number of fused-ring (bicyclic) bond motifs is 1. The van der Waals surface area contributed by atoms with Crippen LogP contribution in [0.25, 0.3) is 0 Å². The van der Waals surface area contributed by atoms with Gasteiger partial charge in [-0.3, -0.25) is 14.4 Å². The molecule has 2 aromatic heterocycles. The number of thiophene rings is 1. The second-order valence-electron chi connectivity index (χ2n) is 8.03. The number of hydrogen-bond acceptors (Lipinski definition) is 5. The van der Waals surface area contributed by atoms with Gasteiger partial charge in [0.1, 0.15) is 5.82 Å². The van der Waals surface area contributed by atoms with Gasteiger partial charge in [-0.25, -0.2) is 4.98 Å². The minimum atomic E-state index is -0.194. The third-order valence-electron chi connectivity index (χ3n) is 6.29. The lowest BCUT2D eigenvalue weighted by Crippen LogP contribution is -2.41. The molecule has 4 heterocycles. The summed E-state index contributed by atoms with van der Waals surface area (Å²) in [5, 5.41) is 1.88. The molecular weight excluding hydrogens is 400 g/mol. The smallest absolute Gasteiger partial charge is 0.264 e. The molecule has 0 radical (unpaired) electrons. The summed E-state index contributed by atoms with van der Waals surface area (Å²) in [6.45, 7) is 5.61. The molecule has 0 unspecified atom stereocenters. The largest absolute Gasteiger partial charge is 0.333 e. The number of hydrogen-bond donors (Lipinski definition) is 1. The van der Waals surface area contributed by atoms with Gasteiger partial charge in [0.05, 0.1) is 28.7 Å². The van der Waals surface area contributed by atoms with Crippen LogP contribution in [0.3, 0.4) is 0 Å². The zero-order chi connectivity index (χ0) is 21.3. The molecular formula is C22H28N4O3S. The van der Waals surface area contributed by atoms with Gasteiger partial charge in [-0.05, 0) is 37.1 Å². The van der Waals surface area contributed by atoms with E-state index in [2.05, 4.69) is 4.98 Å². The predicted octanol–water partition coefficient (Wildman–Crippen LogP) is 3.13. The lowest BCUT2D eigenvalue weighted by atomic mass is 10.0. The highest BCUT2D eigenvalue weighted by Gasteiger charge is 2.35. The second-order valence-corrected chi connectivity index (χ2v) is 8.98. The summed E-state index contributed by atoms with van der Waals surface area (Å²) in [7, 11) is 0. The highest BCUT2D eigenvalue weighted by molar-refractivity contribution is 7.12. The number of amides is 2. The first-order valence-electron chi connectivity index (χ1n) is 10.8. The van der Waals surface area contributed by atoms with Crippen molar-refractivity contribution in [1.82, 2.24) is 19.8 Å². The van der Waals surface area contributed by atoms with Crippen molar-refractivity contribution in [2.75, 3.05) is 13.1 Å². The first-order chi connectivity index (χ1) is 14.5. The summed E-state index contributed by atoms with van der Waals surface area (Å²) in [5.74, 6) is 0.729. The van der Waals surface area contributed by atoms with Crippen LogP contribution in [0.15, 0.2) is 22.3 Å². The number of nitrogens with zero attached hydrogens (tertiary/aromatic N) is 3. The van der Waals surface area contributed by atoms with Gasteiger partial charge in [-0.15, -0.1) is 11.3 Å². The highest BCUT2D eigenvalue weighted by atomic mass is 32.1. The molecule has 160 valence electrons. The van der Waals surface area contributed by atoms with Crippen molar-refractivity contribution in [2.45, 2.75) is 58.5 Å². The van der Waals surface area contributed by atoms with Crippen LogP contribution in [0, 0.1) is 5.92 Å². The van der Waals surface area contributed by atoms with Gasteiger partial charge in [0.15, 0.2) is 0 Å². The maximum absolute atomic E-state index is 13.0. The van der Waals surface area contributed by atoms with Gasteiger partial charge in [-0.1, -0.05) is 19.9 Å². The van der Waals surface area contributed by atoms with Crippen LogP contribution in [0.2, 0.25) is 0 Å². The molecule has 0 spiro atoms. The fourth-order valence-corrected chi connectivity index (χ4v) is 5.21. The zero-order valence-electron chi connectivity index (χ0n) is 17.5. The molecule has 2 aromatic rings. The van der Waals surface area contributed by atoms with Crippen molar-refractivity contribution in [3.05, 3.63) is 49.8 Å². The van der Waals surface area contributed by atoms with E-state index in [9.17, 15) is 14.4 Å². The average Bonchev–Trinajstić information content (AvgIpc) is 3.46. The summed E-state index contributed by atoms with van der Waals surface area (Å²) in [5.41, 5.74) is 1.12. The van der Waals surface area contributed by atoms with Crippen LogP contribution >= 0.6 is 11.3 Å². The SMILES string of the molecule is CCC(CC)C(=O)N1CCC[C@@H]1c1nc2c(c(=O)[nH]1)CN(C(=O)c1cccs1)CC2. The predicted molar refractivity (Wildman–Crippen MR) is 115 cm³/mol. The number of aromatic nitrogens is 2. The van der Waals surface area contributed by atoms with Gasteiger partial charge in [0.25, 0.3) is 11.5 Å². The topological polar surface area (TPSA) is 86.4 Å². The molecule has 2 aliphatic heterocycles. The van der Waals surface area contributed by atoms with Crippen molar-refractivity contribution in [3.8, 4) is 0 Å². The molecule has 1 atom stereocenters. The number of H-pyrrole nitrogens is 1. The van der Waals surface area contributed by atoms with Crippen molar-refractivity contribution < 1.29 is 9.59 Å². The minimum Gasteiger partial charge on any atom is -0.333 e. The highest BCUT2D eigenvalue weighted by Crippen LogP contribution is 2.32. The number of carbonyl (C=O) groups excluding carboxylic acids is 2. The lowest BCUT2D eigenvalue weighted by molar-refractivity contribution is -0.136. The first kappa shape index (κ1) is 20.8. The Labute approximate surface area is 180 Å². The Hall–Kier alpha value is -2.48. The molecule has 7 nitrogen and oxygen atoms in total. The molecule has 30 heavy (non-hydrogen) atoms. The van der Waals surface area contributed by atoms with Crippen molar-refractivity contribution in [1.29, 1.82) is 0 Å². The second kappa shape index (κ2) is 8.71. The summed E-state index contributed by atoms with van der Waals surface area (Å²) in [6.07, 6.45) is 3.93. The normalized spacial score (nSPS) is 18.7.